The summed E-state index contributed by atoms with van der Waals surface area (Å²) in [6, 6.07) is 0. The summed E-state index contributed by atoms with van der Waals surface area (Å²) in [7, 11) is 0. The van der Waals surface area contributed by atoms with Gasteiger partial charge < -0.3 is 5.32 Å². The van der Waals surface area contributed by atoms with Crippen molar-refractivity contribution in [2.75, 3.05) is 19.6 Å². The minimum absolute atomic E-state index is 0.00347. The Kier molecular flexibility index (Phi) is 1.79. The fourth-order valence-electron chi connectivity index (χ4n) is 0.746. The first-order valence-corrected chi connectivity index (χ1v) is 2.82. The van der Waals surface area contributed by atoms with Crippen LogP contribution in [0.2, 0.25) is 0 Å². The lowest BCUT2D eigenvalue weighted by atomic mass is 10.4. The van der Waals surface area contributed by atoms with Crippen molar-refractivity contribution in [1.82, 2.24) is 10.3 Å². The average molecular weight is 127 g/mol. The first-order chi connectivity index (χ1) is 4.34. The van der Waals surface area contributed by atoms with Crippen LogP contribution in [0.3, 0.4) is 0 Å². The molecule has 0 aliphatic carbocycles. The fraction of sp³-hybridized carbons (Fsp3) is 0.600. The minimum atomic E-state index is -0.00347. The second-order valence-corrected chi connectivity index (χ2v) is 1.84. The van der Waals surface area contributed by atoms with Crippen molar-refractivity contribution in [3.05, 3.63) is 0 Å². The van der Waals surface area contributed by atoms with Gasteiger partial charge in [-0.05, 0) is 0 Å². The van der Waals surface area contributed by atoms with E-state index in [4.69, 9.17) is 0 Å². The minimum Gasteiger partial charge on any atom is -0.306 e. The molecule has 0 spiro atoms. The number of nitrogens with zero attached hydrogens (tertiary/aromatic N) is 2. The van der Waals surface area contributed by atoms with E-state index in [1.165, 1.54) is 5.01 Å². The van der Waals surface area contributed by atoms with Crippen molar-refractivity contribution in [3.8, 4) is 0 Å². The number of hydrazone groups is 1. The van der Waals surface area contributed by atoms with Gasteiger partial charge in [-0.15, -0.1) is 0 Å². The van der Waals surface area contributed by atoms with Gasteiger partial charge in [-0.1, -0.05) is 0 Å². The number of carbonyl (C=O) groups excluding carboxylic acids is 1. The van der Waals surface area contributed by atoms with Crippen molar-refractivity contribution in [2.24, 2.45) is 5.10 Å². The maximum absolute atomic E-state index is 10.8. The molecule has 4 nitrogen and oxygen atoms in total. The highest BCUT2D eigenvalue weighted by atomic mass is 16.2. The monoisotopic (exact) mass is 127 g/mol. The Morgan fingerprint density at radius 1 is 1.78 bits per heavy atom. The van der Waals surface area contributed by atoms with E-state index >= 15 is 0 Å². The predicted molar refractivity (Wildman–Crippen MR) is 34.1 cm³/mol. The van der Waals surface area contributed by atoms with Gasteiger partial charge in [-0.3, -0.25) is 4.79 Å². The summed E-state index contributed by atoms with van der Waals surface area (Å²) in [6.45, 7) is 5.10. The third-order valence-electron chi connectivity index (χ3n) is 1.24. The molecule has 0 aromatic carbocycles. The van der Waals surface area contributed by atoms with Crippen LogP contribution in [0.25, 0.3) is 0 Å². The summed E-state index contributed by atoms with van der Waals surface area (Å²) < 4.78 is 0. The molecule has 0 unspecified atom stereocenters. The molecule has 0 aromatic rings. The predicted octanol–water partition coefficient (Wildman–Crippen LogP) is -0.966. The lowest BCUT2D eigenvalue weighted by molar-refractivity contribution is -0.131. The van der Waals surface area contributed by atoms with Crippen LogP contribution >= 0.6 is 0 Å². The van der Waals surface area contributed by atoms with Gasteiger partial charge in [-0.25, -0.2) is 5.01 Å². The Balaban J connectivity index is 2.48. The van der Waals surface area contributed by atoms with Crippen LogP contribution in [-0.2, 0) is 4.79 Å². The van der Waals surface area contributed by atoms with E-state index < -0.39 is 0 Å². The maximum atomic E-state index is 10.8. The highest BCUT2D eigenvalue weighted by molar-refractivity contribution is 5.78. The van der Waals surface area contributed by atoms with E-state index in [1.807, 2.05) is 0 Å². The third-order valence-corrected chi connectivity index (χ3v) is 1.24. The molecule has 0 atom stereocenters. The average Bonchev–Trinajstić information content (AvgIpc) is 1.89. The second kappa shape index (κ2) is 2.59. The van der Waals surface area contributed by atoms with E-state index in [-0.39, 0.29) is 5.91 Å². The molecule has 1 rings (SSSR count). The SMILES string of the molecule is C=NN1CCNCC1=O. The lowest BCUT2D eigenvalue weighted by Gasteiger charge is -2.21. The van der Waals surface area contributed by atoms with Crippen molar-refractivity contribution in [3.63, 3.8) is 0 Å². The summed E-state index contributed by atoms with van der Waals surface area (Å²) in [5.74, 6) is -0.00347. The number of hydrogen-bond donors (Lipinski definition) is 1. The van der Waals surface area contributed by atoms with Gasteiger partial charge in [0.05, 0.1) is 13.1 Å². The van der Waals surface area contributed by atoms with E-state index in [0.29, 0.717) is 13.1 Å². The molecule has 1 aliphatic rings. The number of hydrogen-bond acceptors (Lipinski definition) is 3. The number of piperazine rings is 1. The summed E-state index contributed by atoms with van der Waals surface area (Å²) >= 11 is 0. The van der Waals surface area contributed by atoms with Crippen molar-refractivity contribution < 1.29 is 4.79 Å². The third kappa shape index (κ3) is 1.26. The van der Waals surface area contributed by atoms with Crippen LogP contribution in [0, 0.1) is 0 Å². The Morgan fingerprint density at radius 3 is 3.00 bits per heavy atom. The topological polar surface area (TPSA) is 44.7 Å². The van der Waals surface area contributed by atoms with Crippen LogP contribution < -0.4 is 5.32 Å². The van der Waals surface area contributed by atoms with Crippen LogP contribution in [0.5, 0.6) is 0 Å². The number of amides is 1. The van der Waals surface area contributed by atoms with E-state index in [1.54, 1.807) is 0 Å². The second-order valence-electron chi connectivity index (χ2n) is 1.84. The molecular formula is C5H9N3O. The van der Waals surface area contributed by atoms with Gasteiger partial charge >= 0.3 is 0 Å². The fourth-order valence-corrected chi connectivity index (χ4v) is 0.746. The molecule has 0 radical (unpaired) electrons. The Morgan fingerprint density at radius 2 is 2.56 bits per heavy atom. The first kappa shape index (κ1) is 6.22. The molecule has 9 heavy (non-hydrogen) atoms. The number of nitrogens with one attached hydrogen (secondary N) is 1. The normalized spacial score (nSPS) is 20.0. The Hall–Kier alpha value is -0.900. The van der Waals surface area contributed by atoms with E-state index in [9.17, 15) is 4.79 Å². The van der Waals surface area contributed by atoms with Gasteiger partial charge in [0.15, 0.2) is 0 Å². The summed E-state index contributed by atoms with van der Waals surface area (Å²) in [4.78, 5) is 10.8. The van der Waals surface area contributed by atoms with Crippen molar-refractivity contribution >= 4 is 12.6 Å². The zero-order valence-electron chi connectivity index (χ0n) is 5.13. The smallest absolute Gasteiger partial charge is 0.256 e. The zero-order valence-corrected chi connectivity index (χ0v) is 5.13. The maximum Gasteiger partial charge on any atom is 0.256 e. The van der Waals surface area contributed by atoms with Gasteiger partial charge in [0.2, 0.25) is 0 Å². The van der Waals surface area contributed by atoms with Gasteiger partial charge in [0, 0.05) is 13.3 Å². The van der Waals surface area contributed by atoms with Crippen LogP contribution in [0.4, 0.5) is 0 Å². The standard InChI is InChI=1S/C5H9N3O/c1-6-8-3-2-7-4-5(8)9/h7H,1-4H2. The zero-order chi connectivity index (χ0) is 6.69. The Labute approximate surface area is 53.5 Å². The molecule has 1 fully saturated rings. The molecular weight excluding hydrogens is 118 g/mol. The van der Waals surface area contributed by atoms with E-state index in [0.717, 1.165) is 6.54 Å². The van der Waals surface area contributed by atoms with Crippen molar-refractivity contribution in [1.29, 1.82) is 0 Å². The molecule has 1 heterocycles. The van der Waals surface area contributed by atoms with E-state index in [2.05, 4.69) is 17.1 Å². The van der Waals surface area contributed by atoms with Gasteiger partial charge in [0.1, 0.15) is 0 Å². The molecule has 50 valence electrons. The van der Waals surface area contributed by atoms with Crippen LogP contribution in [0.1, 0.15) is 0 Å². The first-order valence-electron chi connectivity index (χ1n) is 2.82. The van der Waals surface area contributed by atoms with Gasteiger partial charge in [0.25, 0.3) is 5.91 Å². The highest BCUT2D eigenvalue weighted by Crippen LogP contribution is 1.91. The molecule has 4 heteroatoms. The Bertz CT molecular complexity index is 134. The summed E-state index contributed by atoms with van der Waals surface area (Å²) in [6.07, 6.45) is 0. The largest absolute Gasteiger partial charge is 0.306 e. The molecule has 1 saturated heterocycles. The van der Waals surface area contributed by atoms with Gasteiger partial charge in [-0.2, -0.15) is 5.10 Å². The molecule has 1 aliphatic heterocycles. The molecule has 1 N–H and O–H groups in total. The summed E-state index contributed by atoms with van der Waals surface area (Å²) in [5.41, 5.74) is 0. The van der Waals surface area contributed by atoms with Crippen LogP contribution in [0.15, 0.2) is 5.10 Å². The van der Waals surface area contributed by atoms with Crippen LogP contribution in [-0.4, -0.2) is 37.3 Å². The molecule has 1 amide bonds. The molecule has 0 saturated carbocycles. The molecule has 0 aromatic heterocycles. The molecule has 0 bridgehead atoms. The number of rotatable bonds is 1. The summed E-state index contributed by atoms with van der Waals surface area (Å²) in [5, 5.41) is 7.81. The number of carbonyl (C=O) groups is 1. The quantitative estimate of drug-likeness (QED) is 0.461. The highest BCUT2D eigenvalue weighted by Gasteiger charge is 2.14. The lowest BCUT2D eigenvalue weighted by Crippen LogP contribution is -2.45. The van der Waals surface area contributed by atoms with Crippen molar-refractivity contribution in [2.45, 2.75) is 0 Å².